The number of rotatable bonds is 2. The van der Waals surface area contributed by atoms with Gasteiger partial charge in [-0.25, -0.2) is 8.42 Å². The van der Waals surface area contributed by atoms with Gasteiger partial charge in [-0.05, 0) is 12.1 Å². The van der Waals surface area contributed by atoms with E-state index < -0.39 is 10.0 Å². The molecule has 0 aliphatic rings. The first-order chi connectivity index (χ1) is 4.97. The molecule has 0 aliphatic heterocycles. The molecule has 62 valence electrons. The van der Waals surface area contributed by atoms with Gasteiger partial charge in [0.25, 0.3) is 0 Å². The highest BCUT2D eigenvalue weighted by atomic mass is 35.5. The highest BCUT2D eigenvalue weighted by Crippen LogP contribution is 2.26. The largest absolute Gasteiger partial charge is 0.275 e. The van der Waals surface area contributed by atoms with Crippen molar-refractivity contribution in [1.29, 1.82) is 0 Å². The van der Waals surface area contributed by atoms with Crippen LogP contribution in [0.2, 0.25) is 4.34 Å². The van der Waals surface area contributed by atoms with E-state index in [2.05, 4.69) is 4.72 Å². The van der Waals surface area contributed by atoms with Gasteiger partial charge in [0, 0.05) is 0 Å². The first-order valence-electron chi connectivity index (χ1n) is 2.70. The summed E-state index contributed by atoms with van der Waals surface area (Å²) in [6, 6.07) is 3.26. The topological polar surface area (TPSA) is 46.2 Å². The molecule has 0 aromatic carbocycles. The van der Waals surface area contributed by atoms with Crippen LogP contribution in [0.3, 0.4) is 0 Å². The van der Waals surface area contributed by atoms with Crippen molar-refractivity contribution in [3.8, 4) is 0 Å². The van der Waals surface area contributed by atoms with Crippen LogP contribution in [-0.4, -0.2) is 14.7 Å². The van der Waals surface area contributed by atoms with E-state index in [0.29, 0.717) is 9.34 Å². The zero-order chi connectivity index (χ0) is 8.48. The third-order valence-corrected chi connectivity index (χ3v) is 2.73. The molecule has 1 N–H and O–H groups in total. The number of sulfonamides is 1. The van der Waals surface area contributed by atoms with Crippen molar-refractivity contribution >= 4 is 38.0 Å². The van der Waals surface area contributed by atoms with Crippen molar-refractivity contribution in [1.82, 2.24) is 0 Å². The minimum absolute atomic E-state index is 0.539. The second-order valence-corrected chi connectivity index (χ2v) is 5.44. The molecule has 1 aromatic rings. The quantitative estimate of drug-likeness (QED) is 0.811. The molecule has 1 heterocycles. The molecule has 1 aromatic heterocycles. The van der Waals surface area contributed by atoms with Crippen molar-refractivity contribution in [3.05, 3.63) is 16.5 Å². The Kier molecular flexibility index (Phi) is 2.41. The molecule has 0 saturated heterocycles. The predicted molar refractivity (Wildman–Crippen MR) is 47.8 cm³/mol. The Morgan fingerprint density at radius 1 is 1.55 bits per heavy atom. The lowest BCUT2D eigenvalue weighted by Gasteiger charge is -1.96. The minimum Gasteiger partial charge on any atom is -0.275 e. The first kappa shape index (κ1) is 8.83. The van der Waals surface area contributed by atoms with Crippen LogP contribution in [0.25, 0.3) is 0 Å². The average molecular weight is 212 g/mol. The maximum Gasteiger partial charge on any atom is 0.230 e. The molecule has 0 bridgehead atoms. The van der Waals surface area contributed by atoms with Crippen molar-refractivity contribution in [2.75, 3.05) is 11.0 Å². The van der Waals surface area contributed by atoms with Crippen molar-refractivity contribution in [2.24, 2.45) is 0 Å². The van der Waals surface area contributed by atoms with Crippen LogP contribution >= 0.6 is 22.9 Å². The number of hydrogen-bond donors (Lipinski definition) is 1. The summed E-state index contributed by atoms with van der Waals surface area (Å²) < 4.78 is 24.2. The summed E-state index contributed by atoms with van der Waals surface area (Å²) in [5.41, 5.74) is 0. The van der Waals surface area contributed by atoms with Gasteiger partial charge in [0.15, 0.2) is 0 Å². The summed E-state index contributed by atoms with van der Waals surface area (Å²) >= 11 is 6.76. The van der Waals surface area contributed by atoms with Crippen LogP contribution in [0.1, 0.15) is 0 Å². The lowest BCUT2D eigenvalue weighted by molar-refractivity contribution is 0.607. The third-order valence-electron chi connectivity index (χ3n) is 0.859. The second kappa shape index (κ2) is 3.00. The SMILES string of the molecule is CS(=O)(=O)Nc1ccc(Cl)s1. The second-order valence-electron chi connectivity index (χ2n) is 1.98. The molecular weight excluding hydrogens is 206 g/mol. The van der Waals surface area contributed by atoms with Gasteiger partial charge in [-0.15, -0.1) is 11.3 Å². The lowest BCUT2D eigenvalue weighted by atomic mass is 10.6. The third kappa shape index (κ3) is 3.09. The summed E-state index contributed by atoms with van der Waals surface area (Å²) in [4.78, 5) is 0. The van der Waals surface area contributed by atoms with Gasteiger partial charge in [0.05, 0.1) is 10.6 Å². The molecule has 0 aliphatic carbocycles. The number of nitrogens with one attached hydrogen (secondary N) is 1. The van der Waals surface area contributed by atoms with E-state index in [1.165, 1.54) is 11.3 Å². The number of halogens is 1. The Morgan fingerprint density at radius 2 is 2.18 bits per heavy atom. The van der Waals surface area contributed by atoms with Crippen LogP contribution < -0.4 is 4.72 Å². The van der Waals surface area contributed by atoms with Crippen LogP contribution in [0.15, 0.2) is 12.1 Å². The zero-order valence-corrected chi connectivity index (χ0v) is 8.05. The molecule has 0 unspecified atom stereocenters. The van der Waals surface area contributed by atoms with E-state index in [1.54, 1.807) is 12.1 Å². The fourth-order valence-electron chi connectivity index (χ4n) is 0.552. The molecule has 0 amide bonds. The van der Waals surface area contributed by atoms with Crippen molar-refractivity contribution < 1.29 is 8.42 Å². The normalized spacial score (nSPS) is 11.5. The van der Waals surface area contributed by atoms with Gasteiger partial charge in [0.2, 0.25) is 10.0 Å². The van der Waals surface area contributed by atoms with E-state index in [0.717, 1.165) is 6.26 Å². The molecule has 0 atom stereocenters. The highest BCUT2D eigenvalue weighted by molar-refractivity contribution is 7.92. The Morgan fingerprint density at radius 3 is 2.55 bits per heavy atom. The molecule has 6 heteroatoms. The Labute approximate surface area is 74.1 Å². The van der Waals surface area contributed by atoms with E-state index in [9.17, 15) is 8.42 Å². The average Bonchev–Trinajstić information content (AvgIpc) is 2.10. The maximum absolute atomic E-state index is 10.7. The van der Waals surface area contributed by atoms with Gasteiger partial charge in [-0.1, -0.05) is 11.6 Å². The monoisotopic (exact) mass is 211 g/mol. The molecule has 11 heavy (non-hydrogen) atoms. The lowest BCUT2D eigenvalue weighted by Crippen LogP contribution is -2.07. The van der Waals surface area contributed by atoms with E-state index in [1.807, 2.05) is 0 Å². The van der Waals surface area contributed by atoms with Gasteiger partial charge >= 0.3 is 0 Å². The van der Waals surface area contributed by atoms with Crippen molar-refractivity contribution in [3.63, 3.8) is 0 Å². The van der Waals surface area contributed by atoms with E-state index in [-0.39, 0.29) is 0 Å². The summed E-state index contributed by atoms with van der Waals surface area (Å²) in [6.07, 6.45) is 1.10. The van der Waals surface area contributed by atoms with Gasteiger partial charge in [-0.3, -0.25) is 4.72 Å². The number of anilines is 1. The number of hydrogen-bond acceptors (Lipinski definition) is 3. The van der Waals surface area contributed by atoms with Gasteiger partial charge in [-0.2, -0.15) is 0 Å². The van der Waals surface area contributed by atoms with Crippen LogP contribution in [0, 0.1) is 0 Å². The Balaban J connectivity index is 2.81. The summed E-state index contributed by atoms with van der Waals surface area (Å²) in [5, 5.41) is 0.539. The molecule has 0 spiro atoms. The fourth-order valence-corrected chi connectivity index (χ4v) is 2.40. The van der Waals surface area contributed by atoms with Gasteiger partial charge in [0.1, 0.15) is 5.00 Å². The molecule has 3 nitrogen and oxygen atoms in total. The fraction of sp³-hybridized carbons (Fsp3) is 0.200. The smallest absolute Gasteiger partial charge is 0.230 e. The predicted octanol–water partition coefficient (Wildman–Crippen LogP) is 1.77. The van der Waals surface area contributed by atoms with E-state index in [4.69, 9.17) is 11.6 Å². The molecule has 0 radical (unpaired) electrons. The summed E-state index contributed by atoms with van der Waals surface area (Å²) in [5.74, 6) is 0. The van der Waals surface area contributed by atoms with Crippen LogP contribution in [0.4, 0.5) is 5.00 Å². The summed E-state index contributed by atoms with van der Waals surface area (Å²) in [6.45, 7) is 0. The zero-order valence-electron chi connectivity index (χ0n) is 5.67. The molecular formula is C5H6ClNO2S2. The Bertz CT molecular complexity index is 343. The Hall–Kier alpha value is -0.260. The van der Waals surface area contributed by atoms with Crippen LogP contribution in [0.5, 0.6) is 0 Å². The first-order valence-corrected chi connectivity index (χ1v) is 5.79. The van der Waals surface area contributed by atoms with Crippen LogP contribution in [-0.2, 0) is 10.0 Å². The number of thiophene rings is 1. The maximum atomic E-state index is 10.7. The molecule has 1 rings (SSSR count). The molecule has 0 saturated carbocycles. The molecule has 0 fully saturated rings. The van der Waals surface area contributed by atoms with E-state index >= 15 is 0 Å². The summed E-state index contributed by atoms with van der Waals surface area (Å²) in [7, 11) is -3.16. The highest BCUT2D eigenvalue weighted by Gasteiger charge is 2.02. The minimum atomic E-state index is -3.16. The van der Waals surface area contributed by atoms with Gasteiger partial charge < -0.3 is 0 Å². The standard InChI is InChI=1S/C5H6ClNO2S2/c1-11(8,9)7-5-3-2-4(6)10-5/h2-3,7H,1H3. The van der Waals surface area contributed by atoms with Crippen molar-refractivity contribution in [2.45, 2.75) is 0 Å².